The Morgan fingerprint density at radius 2 is 1.91 bits per heavy atom. The number of Topliss-reactive ketones (excluding diaryl/α,β-unsaturated/α-hetero) is 1. The molecule has 118 valence electrons. The van der Waals surface area contributed by atoms with Gasteiger partial charge in [0.05, 0.1) is 0 Å². The van der Waals surface area contributed by atoms with E-state index in [-0.39, 0.29) is 18.5 Å². The summed E-state index contributed by atoms with van der Waals surface area (Å²) in [4.78, 5) is 12.4. The normalized spacial score (nSPS) is 13.3. The zero-order valence-electron chi connectivity index (χ0n) is 13.3. The maximum atomic E-state index is 12.4. The van der Waals surface area contributed by atoms with E-state index in [4.69, 9.17) is 9.47 Å². The van der Waals surface area contributed by atoms with Crippen molar-refractivity contribution < 1.29 is 14.3 Å². The number of thiophene rings is 1. The minimum Gasteiger partial charge on any atom is -0.454 e. The van der Waals surface area contributed by atoms with E-state index >= 15 is 0 Å². The number of carbonyl (C=O) groups is 1. The van der Waals surface area contributed by atoms with Gasteiger partial charge in [-0.25, -0.2) is 0 Å². The maximum absolute atomic E-state index is 12.4. The van der Waals surface area contributed by atoms with Gasteiger partial charge in [-0.3, -0.25) is 4.79 Å². The molecule has 1 aromatic heterocycles. The van der Waals surface area contributed by atoms with Gasteiger partial charge in [-0.2, -0.15) is 11.3 Å². The smallest absolute Gasteiger partial charge is 0.231 e. The van der Waals surface area contributed by atoms with Gasteiger partial charge in [-0.05, 0) is 55.7 Å². The number of carbonyl (C=O) groups excluding carboxylic acids is 1. The van der Waals surface area contributed by atoms with Gasteiger partial charge >= 0.3 is 0 Å². The van der Waals surface area contributed by atoms with E-state index in [1.54, 1.807) is 0 Å². The lowest BCUT2D eigenvalue weighted by molar-refractivity contribution is 0.0966. The first-order chi connectivity index (χ1) is 10.6. The number of hydrogen-bond acceptors (Lipinski definition) is 5. The first-order valence-electron chi connectivity index (χ1n) is 7.13. The Kier molecular flexibility index (Phi) is 5.57. The Morgan fingerprint density at radius 3 is 2.50 bits per heavy atom. The molecule has 0 aliphatic carbocycles. The zero-order valence-corrected chi connectivity index (χ0v) is 14.1. The van der Waals surface area contributed by atoms with Crippen molar-refractivity contribution in [2.45, 2.75) is 19.8 Å². The van der Waals surface area contributed by atoms with Crippen LogP contribution in [0, 0.1) is 6.92 Å². The Morgan fingerprint density at radius 1 is 1.27 bits per heavy atom. The van der Waals surface area contributed by atoms with Crippen LogP contribution in [0.5, 0.6) is 11.5 Å². The molecule has 0 amide bonds. The number of fused-ring (bicyclic) bond motifs is 1. The standard InChI is InChI=1S/C15H14O3S.C2H7N/c1-9-5-13-14(18-8-17-13)6-12(9)10(2)15(16)11-3-4-19-7-11;1-3-2/h3-7,10H,8H2,1-2H3;3H,1-2H3. The van der Waals surface area contributed by atoms with Gasteiger partial charge in [0.25, 0.3) is 0 Å². The van der Waals surface area contributed by atoms with Crippen molar-refractivity contribution >= 4 is 17.1 Å². The molecule has 3 rings (SSSR count). The molecule has 1 aliphatic rings. The minimum atomic E-state index is -0.177. The summed E-state index contributed by atoms with van der Waals surface area (Å²) >= 11 is 1.54. The highest BCUT2D eigenvalue weighted by Crippen LogP contribution is 2.37. The third kappa shape index (κ3) is 3.48. The Labute approximate surface area is 135 Å². The van der Waals surface area contributed by atoms with Crippen molar-refractivity contribution in [2.75, 3.05) is 20.9 Å². The van der Waals surface area contributed by atoms with Gasteiger partial charge in [0, 0.05) is 16.9 Å². The monoisotopic (exact) mass is 319 g/mol. The average molecular weight is 319 g/mol. The summed E-state index contributed by atoms with van der Waals surface area (Å²) in [6.45, 7) is 4.18. The Hall–Kier alpha value is -1.85. The van der Waals surface area contributed by atoms with Crippen molar-refractivity contribution in [1.29, 1.82) is 0 Å². The third-order valence-corrected chi connectivity index (χ3v) is 4.11. The van der Waals surface area contributed by atoms with Gasteiger partial charge in [0.1, 0.15) is 0 Å². The number of aryl methyl sites for hydroxylation is 1. The fraction of sp³-hybridized carbons (Fsp3) is 0.353. The second-order valence-corrected chi connectivity index (χ2v) is 5.94. The van der Waals surface area contributed by atoms with E-state index in [1.807, 2.05) is 56.9 Å². The third-order valence-electron chi connectivity index (χ3n) is 3.43. The van der Waals surface area contributed by atoms with Crippen LogP contribution in [0.15, 0.2) is 29.0 Å². The van der Waals surface area contributed by atoms with Crippen LogP contribution in [0.25, 0.3) is 0 Å². The maximum Gasteiger partial charge on any atom is 0.231 e. The highest BCUT2D eigenvalue weighted by molar-refractivity contribution is 7.08. The lowest BCUT2D eigenvalue weighted by atomic mass is 9.90. The summed E-state index contributed by atoms with van der Waals surface area (Å²) in [6, 6.07) is 5.73. The molecule has 4 nitrogen and oxygen atoms in total. The molecular formula is C17H21NO3S. The summed E-state index contributed by atoms with van der Waals surface area (Å²) in [5, 5.41) is 6.56. The number of ketones is 1. The topological polar surface area (TPSA) is 47.6 Å². The molecule has 0 bridgehead atoms. The first-order valence-corrected chi connectivity index (χ1v) is 8.07. The molecule has 1 atom stereocenters. The second-order valence-electron chi connectivity index (χ2n) is 5.16. The molecule has 1 unspecified atom stereocenters. The van der Waals surface area contributed by atoms with E-state index < -0.39 is 0 Å². The molecular weight excluding hydrogens is 298 g/mol. The molecule has 1 aromatic carbocycles. The van der Waals surface area contributed by atoms with Crippen LogP contribution < -0.4 is 14.8 Å². The Balaban J connectivity index is 0.000000545. The van der Waals surface area contributed by atoms with Crippen LogP contribution in [-0.2, 0) is 0 Å². The van der Waals surface area contributed by atoms with Crippen LogP contribution in [0.3, 0.4) is 0 Å². The molecule has 0 saturated heterocycles. The molecule has 0 fully saturated rings. The number of hydrogen-bond donors (Lipinski definition) is 1. The highest BCUT2D eigenvalue weighted by Gasteiger charge is 2.23. The van der Waals surface area contributed by atoms with E-state index in [0.717, 1.165) is 28.2 Å². The van der Waals surface area contributed by atoms with Crippen molar-refractivity contribution in [3.05, 3.63) is 45.6 Å². The SMILES string of the molecule is CNC.Cc1cc2c(cc1C(C)C(=O)c1ccsc1)OCO2. The van der Waals surface area contributed by atoms with E-state index in [2.05, 4.69) is 5.32 Å². The van der Waals surface area contributed by atoms with E-state index in [1.165, 1.54) is 11.3 Å². The largest absolute Gasteiger partial charge is 0.454 e. The molecule has 0 spiro atoms. The van der Waals surface area contributed by atoms with Gasteiger partial charge in [-0.1, -0.05) is 6.92 Å². The van der Waals surface area contributed by atoms with Crippen molar-refractivity contribution in [2.24, 2.45) is 0 Å². The quantitative estimate of drug-likeness (QED) is 0.878. The minimum absolute atomic E-state index is 0.142. The molecule has 0 saturated carbocycles. The predicted octanol–water partition coefficient (Wildman–Crippen LogP) is 3.61. The van der Waals surface area contributed by atoms with Crippen LogP contribution in [0.1, 0.15) is 34.3 Å². The zero-order chi connectivity index (χ0) is 16.1. The average Bonchev–Trinajstić information content (AvgIpc) is 3.16. The Bertz CT molecular complexity index is 638. The lowest BCUT2D eigenvalue weighted by Crippen LogP contribution is -2.10. The van der Waals surface area contributed by atoms with Crippen molar-refractivity contribution in [3.8, 4) is 11.5 Å². The van der Waals surface area contributed by atoms with Crippen molar-refractivity contribution in [1.82, 2.24) is 5.32 Å². The highest BCUT2D eigenvalue weighted by atomic mass is 32.1. The van der Waals surface area contributed by atoms with Gasteiger partial charge in [0.2, 0.25) is 6.79 Å². The molecule has 22 heavy (non-hydrogen) atoms. The lowest BCUT2D eigenvalue weighted by Gasteiger charge is -2.14. The molecule has 2 heterocycles. The first kappa shape index (κ1) is 16.5. The van der Waals surface area contributed by atoms with Crippen molar-refractivity contribution in [3.63, 3.8) is 0 Å². The number of ether oxygens (including phenoxy) is 2. The second kappa shape index (κ2) is 7.42. The number of rotatable bonds is 3. The molecule has 1 aliphatic heterocycles. The fourth-order valence-corrected chi connectivity index (χ4v) is 2.97. The van der Waals surface area contributed by atoms with E-state index in [9.17, 15) is 4.79 Å². The summed E-state index contributed by atoms with van der Waals surface area (Å²) < 4.78 is 10.7. The predicted molar refractivity (Wildman–Crippen MR) is 89.4 cm³/mol. The van der Waals surface area contributed by atoms with Gasteiger partial charge in [-0.15, -0.1) is 0 Å². The van der Waals surface area contributed by atoms with Crippen LogP contribution in [-0.4, -0.2) is 26.7 Å². The van der Waals surface area contributed by atoms with E-state index in [0.29, 0.717) is 0 Å². The molecule has 5 heteroatoms. The number of benzene rings is 1. The number of nitrogens with one attached hydrogen (secondary N) is 1. The molecule has 0 radical (unpaired) electrons. The summed E-state index contributed by atoms with van der Waals surface area (Å²) in [6.07, 6.45) is 0. The summed E-state index contributed by atoms with van der Waals surface area (Å²) in [5.74, 6) is 1.45. The molecule has 1 N–H and O–H groups in total. The van der Waals surface area contributed by atoms with Crippen LogP contribution >= 0.6 is 11.3 Å². The van der Waals surface area contributed by atoms with Gasteiger partial charge in [0.15, 0.2) is 17.3 Å². The fourth-order valence-electron chi connectivity index (χ4n) is 2.32. The molecule has 2 aromatic rings. The summed E-state index contributed by atoms with van der Waals surface area (Å²) in [7, 11) is 3.75. The van der Waals surface area contributed by atoms with Crippen LogP contribution in [0.4, 0.5) is 0 Å². The van der Waals surface area contributed by atoms with Crippen LogP contribution in [0.2, 0.25) is 0 Å². The van der Waals surface area contributed by atoms with Gasteiger partial charge < -0.3 is 14.8 Å². The summed E-state index contributed by atoms with van der Waals surface area (Å²) in [5.41, 5.74) is 2.83.